The predicted molar refractivity (Wildman–Crippen MR) is 378 cm³/mol. The topological polar surface area (TPSA) is 134 Å². The van der Waals surface area contributed by atoms with Crippen molar-refractivity contribution in [3.05, 3.63) is 358 Å². The Hall–Kier alpha value is -12.2. The molecule has 0 unspecified atom stereocenters. The molecule has 0 aliphatic rings. The van der Waals surface area contributed by atoms with Gasteiger partial charge in [0.05, 0.1) is 16.7 Å². The Kier molecular flexibility index (Phi) is 23.2. The van der Waals surface area contributed by atoms with Crippen LogP contribution in [0.3, 0.4) is 0 Å². The number of rotatable bonds is 33. The van der Waals surface area contributed by atoms with Gasteiger partial charge >= 0.3 is 17.9 Å². The molecule has 0 fully saturated rings. The first-order valence-corrected chi connectivity index (χ1v) is 31.0. The van der Waals surface area contributed by atoms with E-state index in [1.54, 1.807) is 91.1 Å². The first-order chi connectivity index (χ1) is 46.9. The summed E-state index contributed by atoms with van der Waals surface area (Å²) in [6.07, 6.45) is 10.6. The van der Waals surface area contributed by atoms with E-state index in [0.29, 0.717) is 51.2 Å². The summed E-state index contributed by atoms with van der Waals surface area (Å²) in [6.45, 7) is 23.8. The number of ether oxygens (including phenoxy) is 9. The van der Waals surface area contributed by atoms with Crippen LogP contribution in [0.2, 0.25) is 0 Å². The van der Waals surface area contributed by atoms with Crippen molar-refractivity contribution in [2.24, 2.45) is 0 Å². The molecule has 0 aromatic heterocycles. The van der Waals surface area contributed by atoms with Gasteiger partial charge in [0, 0.05) is 18.2 Å². The van der Waals surface area contributed by atoms with Gasteiger partial charge in [0.25, 0.3) is 0 Å². The van der Waals surface area contributed by atoms with E-state index < -0.39 is 17.9 Å². The highest BCUT2D eigenvalue weighted by Gasteiger charge is 2.21. The van der Waals surface area contributed by atoms with Crippen molar-refractivity contribution in [2.45, 2.75) is 59.5 Å². The molecule has 0 atom stereocenters. The van der Waals surface area contributed by atoms with Crippen LogP contribution in [0.5, 0.6) is 34.5 Å². The lowest BCUT2D eigenvalue weighted by molar-refractivity contribution is 0.0466. The summed E-state index contributed by atoms with van der Waals surface area (Å²) in [5, 5.41) is 0. The number of carbonyl (C=O) groups is 3. The highest BCUT2D eigenvalue weighted by molar-refractivity contribution is 6.00. The number of carbonyl (C=O) groups excluding carboxylic acids is 3. The molecule has 0 saturated heterocycles. The standard InChI is InChI=1S/C84H72O12/c1-7-58-13-25-64(26-14-58)49-88-76-37-70(38-77(46-76)89-50-65-27-15-59(8-2)16-28-65)55-94-82(85)73-43-74(83(86)95-56-71-39-78(90-51-66-29-17-60(9-3)18-30-66)47-79(40-71)91-52-67-31-19-61(10-4)20-32-67)45-75(44-73)84(87)96-57-72-41-80(92-53-68-33-21-62(11-5)22-34-68)48-81(42-72)93-54-69-35-23-63(12-6)24-36-69/h7-48H,1-6,49-57H2. The lowest BCUT2D eigenvalue weighted by Gasteiger charge is -2.15. The normalized spacial score (nSPS) is 10.6. The summed E-state index contributed by atoms with van der Waals surface area (Å²) in [7, 11) is 0. The molecule has 0 N–H and O–H groups in total. The largest absolute Gasteiger partial charge is 0.489 e. The fourth-order valence-electron chi connectivity index (χ4n) is 9.82. The van der Waals surface area contributed by atoms with Crippen LogP contribution in [0.4, 0.5) is 0 Å². The van der Waals surface area contributed by atoms with Gasteiger partial charge in [-0.05, 0) is 138 Å². The van der Waals surface area contributed by atoms with Crippen molar-refractivity contribution in [3.8, 4) is 34.5 Å². The van der Waals surface area contributed by atoms with Crippen LogP contribution in [-0.2, 0) is 73.7 Å². The Balaban J connectivity index is 0.917. The Labute approximate surface area is 560 Å². The van der Waals surface area contributed by atoms with Crippen LogP contribution in [0.1, 0.15) is 115 Å². The maximum Gasteiger partial charge on any atom is 0.338 e. The van der Waals surface area contributed by atoms with Crippen LogP contribution < -0.4 is 28.4 Å². The van der Waals surface area contributed by atoms with Crippen molar-refractivity contribution in [2.75, 3.05) is 0 Å². The SMILES string of the molecule is C=Cc1ccc(COc2cc(COC(=O)c3cc(C(=O)OCc4cc(OCc5ccc(C=C)cc5)cc(OCc5ccc(C=C)cc5)c4)cc(C(=O)OCc4cc(OCc5ccc(C=C)cc5)cc(OCc5ccc(C=C)cc5)c4)c3)cc(OCc3ccc(C=C)cc3)c2)cc1. The highest BCUT2D eigenvalue weighted by Crippen LogP contribution is 2.31. The summed E-state index contributed by atoms with van der Waals surface area (Å²) in [5.41, 5.74) is 12.6. The molecule has 0 bridgehead atoms. The van der Waals surface area contributed by atoms with E-state index in [0.717, 1.165) is 66.8 Å². The molecule has 12 heteroatoms. The fraction of sp³-hybridized carbons (Fsp3) is 0.107. The predicted octanol–water partition coefficient (Wildman–Crippen LogP) is 19.1. The summed E-state index contributed by atoms with van der Waals surface area (Å²) in [5.74, 6) is 0.207. The molecular formula is C84H72O12. The first kappa shape index (κ1) is 66.8. The third-order valence-corrected chi connectivity index (χ3v) is 15.3. The average molecular weight is 1270 g/mol. The number of hydrogen-bond donors (Lipinski definition) is 0. The third-order valence-electron chi connectivity index (χ3n) is 15.3. The minimum absolute atomic E-state index is 0.132. The molecule has 96 heavy (non-hydrogen) atoms. The molecule has 10 aromatic rings. The maximum absolute atomic E-state index is 14.5. The molecular weight excluding hydrogens is 1200 g/mol. The molecule has 10 rings (SSSR count). The zero-order valence-corrected chi connectivity index (χ0v) is 53.3. The Bertz CT molecular complexity index is 3690. The molecule has 0 saturated carbocycles. The minimum atomic E-state index is -0.855. The van der Waals surface area contributed by atoms with Crippen molar-refractivity contribution >= 4 is 54.4 Å². The second-order valence-corrected chi connectivity index (χ2v) is 22.4. The molecule has 0 aliphatic heterocycles. The van der Waals surface area contributed by atoms with Gasteiger partial charge in [0.2, 0.25) is 0 Å². The summed E-state index contributed by atoms with van der Waals surface area (Å²) >= 11 is 0. The van der Waals surface area contributed by atoms with Gasteiger partial charge in [0.1, 0.15) is 94.0 Å². The summed E-state index contributed by atoms with van der Waals surface area (Å²) in [4.78, 5) is 43.4. The van der Waals surface area contributed by atoms with E-state index in [-0.39, 0.29) is 76.2 Å². The van der Waals surface area contributed by atoms with Gasteiger partial charge in [-0.3, -0.25) is 0 Å². The molecule has 12 nitrogen and oxygen atoms in total. The Morgan fingerprint density at radius 1 is 0.219 bits per heavy atom. The number of hydrogen-bond acceptors (Lipinski definition) is 12. The van der Waals surface area contributed by atoms with Crippen molar-refractivity contribution in [3.63, 3.8) is 0 Å². The molecule has 480 valence electrons. The summed E-state index contributed by atoms with van der Waals surface area (Å²) < 4.78 is 55.8. The van der Waals surface area contributed by atoms with E-state index in [2.05, 4.69) is 39.5 Å². The van der Waals surface area contributed by atoms with Crippen LogP contribution >= 0.6 is 0 Å². The smallest absolute Gasteiger partial charge is 0.338 e. The highest BCUT2D eigenvalue weighted by atomic mass is 16.5. The van der Waals surface area contributed by atoms with Gasteiger partial charge < -0.3 is 42.6 Å². The van der Waals surface area contributed by atoms with Crippen LogP contribution in [0.15, 0.2) is 258 Å². The fourth-order valence-corrected chi connectivity index (χ4v) is 9.82. The number of benzene rings is 10. The van der Waals surface area contributed by atoms with Crippen LogP contribution in [0.25, 0.3) is 36.5 Å². The van der Waals surface area contributed by atoms with Gasteiger partial charge in [-0.1, -0.05) is 222 Å². The summed E-state index contributed by atoms with van der Waals surface area (Å²) in [6, 6.07) is 66.6. The average Bonchev–Trinajstić information content (AvgIpc) is 0.930. The second kappa shape index (κ2) is 33.4. The Morgan fingerprint density at radius 3 is 0.542 bits per heavy atom. The molecule has 0 aliphatic carbocycles. The lowest BCUT2D eigenvalue weighted by atomic mass is 10.1. The molecule has 0 spiro atoms. The zero-order chi connectivity index (χ0) is 67.0. The van der Waals surface area contributed by atoms with Crippen molar-refractivity contribution in [1.29, 1.82) is 0 Å². The van der Waals surface area contributed by atoms with E-state index in [9.17, 15) is 14.4 Å². The second-order valence-electron chi connectivity index (χ2n) is 22.4. The van der Waals surface area contributed by atoms with Gasteiger partial charge in [0.15, 0.2) is 0 Å². The van der Waals surface area contributed by atoms with Crippen LogP contribution in [0, 0.1) is 0 Å². The Morgan fingerprint density at radius 2 is 0.385 bits per heavy atom. The van der Waals surface area contributed by atoms with Gasteiger partial charge in [-0.2, -0.15) is 0 Å². The van der Waals surface area contributed by atoms with Gasteiger partial charge in [-0.15, -0.1) is 0 Å². The zero-order valence-electron chi connectivity index (χ0n) is 53.3. The monoisotopic (exact) mass is 1270 g/mol. The van der Waals surface area contributed by atoms with E-state index in [4.69, 9.17) is 42.6 Å². The maximum atomic E-state index is 14.5. The quantitative estimate of drug-likeness (QED) is 0.0286. The third kappa shape index (κ3) is 19.7. The van der Waals surface area contributed by atoms with E-state index in [1.807, 2.05) is 146 Å². The molecule has 0 amide bonds. The van der Waals surface area contributed by atoms with Gasteiger partial charge in [-0.25, -0.2) is 14.4 Å². The van der Waals surface area contributed by atoms with Crippen molar-refractivity contribution < 1.29 is 57.0 Å². The van der Waals surface area contributed by atoms with Crippen LogP contribution in [-0.4, -0.2) is 17.9 Å². The minimum Gasteiger partial charge on any atom is -0.489 e. The molecule has 0 heterocycles. The number of esters is 3. The van der Waals surface area contributed by atoms with E-state index in [1.165, 1.54) is 18.2 Å². The van der Waals surface area contributed by atoms with E-state index >= 15 is 0 Å². The molecule has 0 radical (unpaired) electrons. The first-order valence-electron chi connectivity index (χ1n) is 31.0. The molecule has 10 aromatic carbocycles. The lowest BCUT2D eigenvalue weighted by Crippen LogP contribution is -2.14. The van der Waals surface area contributed by atoms with Crippen molar-refractivity contribution in [1.82, 2.24) is 0 Å².